The molecule has 0 spiro atoms. The fourth-order valence-corrected chi connectivity index (χ4v) is 5.87. The highest BCUT2D eigenvalue weighted by molar-refractivity contribution is 5.94. The van der Waals surface area contributed by atoms with E-state index < -0.39 is 29.3 Å². The topological polar surface area (TPSA) is 147 Å². The summed E-state index contributed by atoms with van der Waals surface area (Å²) in [5.41, 5.74) is 7.62. The highest BCUT2D eigenvalue weighted by atomic mass is 19.1. The van der Waals surface area contributed by atoms with Gasteiger partial charge in [-0.2, -0.15) is 5.10 Å². The van der Waals surface area contributed by atoms with Gasteiger partial charge in [0.2, 0.25) is 5.88 Å². The molecule has 0 radical (unpaired) electrons. The number of primary amides is 1. The van der Waals surface area contributed by atoms with Gasteiger partial charge >= 0.3 is 5.97 Å². The summed E-state index contributed by atoms with van der Waals surface area (Å²) in [6.45, 7) is 0.799. The van der Waals surface area contributed by atoms with E-state index in [0.717, 1.165) is 18.6 Å². The lowest BCUT2D eigenvalue weighted by Gasteiger charge is -2.27. The largest absolute Gasteiger partial charge is 0.478 e. The van der Waals surface area contributed by atoms with E-state index in [4.69, 9.17) is 15.2 Å². The molecule has 0 aliphatic carbocycles. The monoisotopic (exact) mass is 706 g/mol. The highest BCUT2D eigenvalue weighted by Crippen LogP contribution is 2.29. The number of carboxylic acid groups (broad SMARTS) is 1. The van der Waals surface area contributed by atoms with E-state index in [1.165, 1.54) is 47.3 Å². The first-order valence-electron chi connectivity index (χ1n) is 16.1. The molecule has 1 aliphatic heterocycles. The summed E-state index contributed by atoms with van der Waals surface area (Å²) in [5, 5.41) is 13.5. The van der Waals surface area contributed by atoms with Gasteiger partial charge in [0.05, 0.1) is 46.7 Å². The van der Waals surface area contributed by atoms with Crippen molar-refractivity contribution in [3.63, 3.8) is 0 Å². The van der Waals surface area contributed by atoms with Crippen molar-refractivity contribution in [2.45, 2.75) is 32.1 Å². The lowest BCUT2D eigenvalue weighted by atomic mass is 10.0. The maximum absolute atomic E-state index is 15.6. The molecule has 1 fully saturated rings. The molecule has 1 saturated heterocycles. The summed E-state index contributed by atoms with van der Waals surface area (Å²) < 4.78 is 60.6. The Balaban J connectivity index is 1.07. The number of aromatic carboxylic acids is 1. The number of hydrogen-bond donors (Lipinski definition) is 2. The normalized spacial score (nSPS) is 13.7. The van der Waals surface area contributed by atoms with Crippen LogP contribution in [0.5, 0.6) is 5.88 Å². The number of carboxylic acids is 1. The number of carbonyl (C=O) groups excluding carboxylic acids is 1. The number of ether oxygens (including phenoxy) is 2. The third kappa shape index (κ3) is 6.94. The van der Waals surface area contributed by atoms with Crippen molar-refractivity contribution in [2.24, 2.45) is 12.8 Å². The summed E-state index contributed by atoms with van der Waals surface area (Å²) in [5.74, 6) is 2.29. The molecule has 7 rings (SSSR count). The zero-order valence-corrected chi connectivity index (χ0v) is 27.6. The maximum atomic E-state index is 15.6. The van der Waals surface area contributed by atoms with Gasteiger partial charge in [-0.1, -0.05) is 24.0 Å². The quantitative estimate of drug-likeness (QED) is 0.180. The SMILES string of the molecule is Cn1ncc(C#Cc2ccc(COc3cccc(-c4cc(F)c(Cc5nc6ccc(C(=O)O)cc6n5C[C@@H]5CCO5)cc4F)n3)c(F)c2)c1C(N)=O. The van der Waals surface area contributed by atoms with Crippen molar-refractivity contribution in [3.05, 3.63) is 130 Å². The molecular formula is C38H29F3N6O5. The molecule has 1 amide bonds. The summed E-state index contributed by atoms with van der Waals surface area (Å²) >= 11 is 0. The molecular weight excluding hydrogens is 677 g/mol. The van der Waals surface area contributed by atoms with Crippen LogP contribution < -0.4 is 10.5 Å². The van der Waals surface area contributed by atoms with Crippen LogP contribution in [0.15, 0.2) is 72.9 Å². The van der Waals surface area contributed by atoms with Gasteiger partial charge in [0.15, 0.2) is 0 Å². The Morgan fingerprint density at radius 3 is 2.54 bits per heavy atom. The van der Waals surface area contributed by atoms with Gasteiger partial charge in [-0.15, -0.1) is 0 Å². The molecule has 262 valence electrons. The van der Waals surface area contributed by atoms with Crippen LogP contribution in [0, 0.1) is 29.3 Å². The van der Waals surface area contributed by atoms with E-state index in [0.29, 0.717) is 41.1 Å². The van der Waals surface area contributed by atoms with Crippen LogP contribution >= 0.6 is 0 Å². The Morgan fingerprint density at radius 1 is 1.00 bits per heavy atom. The van der Waals surface area contributed by atoms with Crippen LogP contribution in [0.2, 0.25) is 0 Å². The third-order valence-corrected chi connectivity index (χ3v) is 8.68. The molecule has 3 N–H and O–H groups in total. The number of halogens is 3. The highest BCUT2D eigenvalue weighted by Gasteiger charge is 2.24. The Labute approximate surface area is 294 Å². The van der Waals surface area contributed by atoms with Gasteiger partial charge in [0.1, 0.15) is 35.6 Å². The minimum atomic E-state index is -1.09. The van der Waals surface area contributed by atoms with Crippen molar-refractivity contribution in [1.82, 2.24) is 24.3 Å². The van der Waals surface area contributed by atoms with E-state index in [-0.39, 0.29) is 58.7 Å². The van der Waals surface area contributed by atoms with E-state index in [1.54, 1.807) is 29.8 Å². The molecule has 1 atom stereocenters. The second kappa shape index (κ2) is 14.0. The minimum Gasteiger partial charge on any atom is -0.478 e. The maximum Gasteiger partial charge on any atom is 0.335 e. The molecule has 3 aromatic heterocycles. The zero-order valence-electron chi connectivity index (χ0n) is 27.6. The van der Waals surface area contributed by atoms with Crippen molar-refractivity contribution in [2.75, 3.05) is 6.61 Å². The van der Waals surface area contributed by atoms with E-state index >= 15 is 8.78 Å². The number of amides is 1. The predicted molar refractivity (Wildman–Crippen MR) is 182 cm³/mol. The average molecular weight is 707 g/mol. The van der Waals surface area contributed by atoms with Gasteiger partial charge in [0.25, 0.3) is 5.91 Å². The Morgan fingerprint density at radius 2 is 1.81 bits per heavy atom. The van der Waals surface area contributed by atoms with Crippen LogP contribution in [0.4, 0.5) is 13.2 Å². The van der Waals surface area contributed by atoms with Gasteiger partial charge in [-0.25, -0.2) is 27.9 Å². The lowest BCUT2D eigenvalue weighted by Crippen LogP contribution is -2.31. The molecule has 52 heavy (non-hydrogen) atoms. The fourth-order valence-electron chi connectivity index (χ4n) is 5.87. The van der Waals surface area contributed by atoms with Gasteiger partial charge in [-0.05, 0) is 60.5 Å². The second-order valence-electron chi connectivity index (χ2n) is 12.1. The number of nitrogens with two attached hydrogens (primary N) is 1. The molecule has 4 heterocycles. The standard InChI is InChI=1S/C38H29F3N6O5/c1-46-36(37(42)48)23(18-43-46)7-5-21-6-8-24(28(39)13-21)20-52-35-4-2-3-31(45-35)27-17-29(40)25(14-30(27)41)16-34-44-32-10-9-22(38(49)50)15-33(32)47(34)19-26-11-12-51-26/h2-4,6,8-10,13-15,17-18,26H,11-12,16,19-20H2,1H3,(H2,42,48)(H,49,50)/t26-/m0/s1. The predicted octanol–water partition coefficient (Wildman–Crippen LogP) is 5.40. The van der Waals surface area contributed by atoms with E-state index in [2.05, 4.69) is 26.9 Å². The van der Waals surface area contributed by atoms with E-state index in [1.807, 2.05) is 0 Å². The van der Waals surface area contributed by atoms with Crippen LogP contribution in [-0.2, 0) is 31.4 Å². The van der Waals surface area contributed by atoms with Crippen molar-refractivity contribution in [3.8, 4) is 29.0 Å². The van der Waals surface area contributed by atoms with Crippen LogP contribution in [0.1, 0.15) is 55.3 Å². The van der Waals surface area contributed by atoms with Gasteiger partial charge in [0, 0.05) is 42.8 Å². The van der Waals surface area contributed by atoms with Gasteiger partial charge < -0.3 is 24.9 Å². The van der Waals surface area contributed by atoms with Crippen LogP contribution in [0.3, 0.4) is 0 Å². The number of fused-ring (bicyclic) bond motifs is 1. The Hall–Kier alpha value is -6.46. The molecule has 1 aliphatic rings. The van der Waals surface area contributed by atoms with E-state index in [9.17, 15) is 19.1 Å². The van der Waals surface area contributed by atoms with Crippen molar-refractivity contribution in [1.29, 1.82) is 0 Å². The number of hydrogen-bond acceptors (Lipinski definition) is 7. The average Bonchev–Trinajstić information content (AvgIpc) is 3.65. The van der Waals surface area contributed by atoms with Crippen molar-refractivity contribution >= 4 is 22.9 Å². The third-order valence-electron chi connectivity index (χ3n) is 8.68. The first kappa shape index (κ1) is 34.0. The number of benzene rings is 3. The Bertz CT molecular complexity index is 2440. The molecule has 11 nitrogen and oxygen atoms in total. The number of imidazole rings is 1. The number of nitrogens with zero attached hydrogens (tertiary/aromatic N) is 5. The molecule has 0 saturated carbocycles. The smallest absolute Gasteiger partial charge is 0.335 e. The van der Waals surface area contributed by atoms with Crippen LogP contribution in [-0.4, -0.2) is 54.0 Å². The molecule has 14 heteroatoms. The minimum absolute atomic E-state index is 0.0514. The summed E-state index contributed by atoms with van der Waals surface area (Å²) in [6, 6.07) is 15.6. The van der Waals surface area contributed by atoms with Crippen molar-refractivity contribution < 1.29 is 37.3 Å². The van der Waals surface area contributed by atoms with Gasteiger partial charge in [-0.3, -0.25) is 9.48 Å². The molecule has 3 aromatic carbocycles. The molecule has 0 unspecified atom stereocenters. The number of carbonyl (C=O) groups is 2. The summed E-state index contributed by atoms with van der Waals surface area (Å²) in [7, 11) is 1.56. The molecule has 0 bridgehead atoms. The summed E-state index contributed by atoms with van der Waals surface area (Å²) in [6.07, 6.45) is 2.06. The first-order valence-corrected chi connectivity index (χ1v) is 16.1. The lowest BCUT2D eigenvalue weighted by molar-refractivity contribution is -0.0589. The number of aryl methyl sites for hydroxylation is 1. The molecule has 6 aromatic rings. The zero-order chi connectivity index (χ0) is 36.5. The fraction of sp³-hybridized carbons (Fsp3) is 0.184. The second-order valence-corrected chi connectivity index (χ2v) is 12.1. The van der Waals surface area contributed by atoms with Crippen LogP contribution in [0.25, 0.3) is 22.3 Å². The number of pyridine rings is 1. The number of rotatable bonds is 10. The Kier molecular flexibility index (Phi) is 9.18. The number of aromatic nitrogens is 5. The first-order chi connectivity index (χ1) is 25.0. The summed E-state index contributed by atoms with van der Waals surface area (Å²) in [4.78, 5) is 32.2.